The highest BCUT2D eigenvalue weighted by Crippen LogP contribution is 2.41. The van der Waals surface area contributed by atoms with Crippen molar-refractivity contribution in [2.45, 2.75) is 30.5 Å². The lowest BCUT2D eigenvalue weighted by molar-refractivity contribution is -0.140. The first-order valence-corrected chi connectivity index (χ1v) is 11.7. The van der Waals surface area contributed by atoms with E-state index in [-0.39, 0.29) is 15.1 Å². The Kier molecular flexibility index (Phi) is 10.8. The van der Waals surface area contributed by atoms with Crippen LogP contribution in [0, 0.1) is 0 Å². The molecule has 2 unspecified atom stereocenters. The van der Waals surface area contributed by atoms with Gasteiger partial charge in [-0.2, -0.15) is 39.5 Å². The van der Waals surface area contributed by atoms with Gasteiger partial charge in [-0.25, -0.2) is 0 Å². The summed E-state index contributed by atoms with van der Waals surface area (Å²) in [6.45, 7) is -3.09. The number of rotatable bonds is 8. The Bertz CT molecular complexity index is 1260. The molecule has 2 rings (SSSR count). The number of hydrogen-bond donors (Lipinski definition) is 3. The van der Waals surface area contributed by atoms with E-state index in [4.69, 9.17) is 34.8 Å². The van der Waals surface area contributed by atoms with Crippen molar-refractivity contribution in [2.75, 3.05) is 13.2 Å². The van der Waals surface area contributed by atoms with E-state index in [1.54, 1.807) is 5.32 Å². The van der Waals surface area contributed by atoms with Crippen LogP contribution in [0.1, 0.15) is 33.0 Å². The Morgan fingerprint density at radius 1 is 0.925 bits per heavy atom. The Labute approximate surface area is 234 Å². The molecule has 0 radical (unpaired) electrons. The third-order valence-corrected chi connectivity index (χ3v) is 6.26. The number of aliphatic hydroxyl groups is 1. The van der Waals surface area contributed by atoms with Gasteiger partial charge in [0.05, 0.1) is 38.7 Å². The molecule has 0 aliphatic carbocycles. The van der Waals surface area contributed by atoms with Crippen molar-refractivity contribution in [3.8, 4) is 0 Å². The maximum absolute atomic E-state index is 13.7. The van der Waals surface area contributed by atoms with E-state index in [0.29, 0.717) is 24.3 Å². The van der Waals surface area contributed by atoms with Crippen LogP contribution < -0.4 is 10.6 Å². The van der Waals surface area contributed by atoms with E-state index in [2.05, 4.69) is 0 Å². The predicted molar refractivity (Wildman–Crippen MR) is 128 cm³/mol. The van der Waals surface area contributed by atoms with Gasteiger partial charge < -0.3 is 15.7 Å². The van der Waals surface area contributed by atoms with Crippen LogP contribution in [-0.4, -0.2) is 48.5 Å². The van der Waals surface area contributed by atoms with E-state index in [0.717, 1.165) is 18.2 Å². The third-order valence-electron chi connectivity index (χ3n) is 5.06. The topological polar surface area (TPSA) is 78.4 Å². The van der Waals surface area contributed by atoms with Crippen LogP contribution in [0.25, 0.3) is 6.08 Å². The summed E-state index contributed by atoms with van der Waals surface area (Å²) in [6, 6.07) is 1.51. The fourth-order valence-corrected chi connectivity index (χ4v) is 3.82. The zero-order valence-corrected chi connectivity index (χ0v) is 21.7. The van der Waals surface area contributed by atoms with E-state index in [1.807, 2.05) is 0 Å². The van der Waals surface area contributed by atoms with E-state index >= 15 is 0 Å². The van der Waals surface area contributed by atoms with Gasteiger partial charge in [-0.3, -0.25) is 9.59 Å². The summed E-state index contributed by atoms with van der Waals surface area (Å²) >= 11 is 17.3. The molecule has 0 fully saturated rings. The van der Waals surface area contributed by atoms with Gasteiger partial charge in [-0.05, 0) is 35.4 Å². The predicted octanol–water partition coefficient (Wildman–Crippen LogP) is 6.79. The number of halogens is 12. The summed E-state index contributed by atoms with van der Waals surface area (Å²) in [7, 11) is 0. The van der Waals surface area contributed by atoms with Gasteiger partial charge in [0.15, 0.2) is 0 Å². The van der Waals surface area contributed by atoms with Gasteiger partial charge in [0.25, 0.3) is 5.91 Å². The molecule has 17 heteroatoms. The van der Waals surface area contributed by atoms with Crippen LogP contribution >= 0.6 is 34.8 Å². The standard InChI is InChI=1S/C23H16Cl3F9N2O3/c24-15-6-11(7-16(25)18(15)26)13(22(30,31)32)4-2-10-1-3-12(14(5-10)23(33,34)35)19(39)37-17(8-38)20(40)36-9-21(27,28)29/h1-7,13,17,38H,8-9H2,(H,36,40)(H,37,39). The summed E-state index contributed by atoms with van der Waals surface area (Å²) in [5.74, 6) is -5.50. The second-order valence-electron chi connectivity index (χ2n) is 8.02. The van der Waals surface area contributed by atoms with Gasteiger partial charge in [0, 0.05) is 0 Å². The van der Waals surface area contributed by atoms with Crippen molar-refractivity contribution in [3.63, 3.8) is 0 Å². The molecule has 2 aromatic carbocycles. The number of nitrogens with one attached hydrogen (secondary N) is 2. The largest absolute Gasteiger partial charge is 0.417 e. The third kappa shape index (κ3) is 9.18. The minimum Gasteiger partial charge on any atom is -0.394 e. The summed E-state index contributed by atoms with van der Waals surface area (Å²) in [5, 5.41) is 11.5. The van der Waals surface area contributed by atoms with Crippen molar-refractivity contribution in [1.82, 2.24) is 10.6 Å². The number of alkyl halides is 9. The fraction of sp³-hybridized carbons (Fsp3) is 0.304. The van der Waals surface area contributed by atoms with E-state index < -0.39 is 77.7 Å². The van der Waals surface area contributed by atoms with Gasteiger partial charge >= 0.3 is 18.5 Å². The molecular formula is C23H16Cl3F9N2O3. The molecule has 2 amide bonds. The number of allylic oxidation sites excluding steroid dienone is 1. The molecule has 220 valence electrons. The zero-order chi connectivity index (χ0) is 30.6. The number of amides is 2. The van der Waals surface area contributed by atoms with Gasteiger partial charge in [0.1, 0.15) is 12.6 Å². The Morgan fingerprint density at radius 3 is 1.98 bits per heavy atom. The lowest BCUT2D eigenvalue weighted by atomic mass is 9.96. The molecule has 5 nitrogen and oxygen atoms in total. The Morgan fingerprint density at radius 2 is 1.50 bits per heavy atom. The highest BCUT2D eigenvalue weighted by Gasteiger charge is 2.40. The zero-order valence-electron chi connectivity index (χ0n) is 19.4. The average Bonchev–Trinajstić information content (AvgIpc) is 2.82. The summed E-state index contributed by atoms with van der Waals surface area (Å²) in [6.07, 6.45) is -13.8. The van der Waals surface area contributed by atoms with Crippen LogP contribution in [-0.2, 0) is 11.0 Å². The lowest BCUT2D eigenvalue weighted by Gasteiger charge is -2.19. The first kappa shape index (κ1) is 33.5. The minimum absolute atomic E-state index is 0.207. The van der Waals surface area contributed by atoms with E-state index in [1.165, 1.54) is 5.32 Å². The molecule has 2 atom stereocenters. The summed E-state index contributed by atoms with van der Waals surface area (Å²) < 4.78 is 119. The van der Waals surface area contributed by atoms with Crippen LogP contribution in [0.3, 0.4) is 0 Å². The molecule has 3 N–H and O–H groups in total. The van der Waals surface area contributed by atoms with Crippen LogP contribution in [0.2, 0.25) is 15.1 Å². The number of carbonyl (C=O) groups excluding carboxylic acids is 2. The van der Waals surface area contributed by atoms with Gasteiger partial charge in [0.2, 0.25) is 5.91 Å². The quantitative estimate of drug-likeness (QED) is 0.219. The van der Waals surface area contributed by atoms with Crippen molar-refractivity contribution < 1.29 is 54.2 Å². The molecule has 0 aliphatic heterocycles. The second kappa shape index (κ2) is 12.9. The number of carbonyl (C=O) groups is 2. The van der Waals surface area contributed by atoms with Gasteiger partial charge in [-0.1, -0.05) is 53.0 Å². The minimum atomic E-state index is -5.23. The highest BCUT2D eigenvalue weighted by atomic mass is 35.5. The van der Waals surface area contributed by atoms with Gasteiger partial charge in [-0.15, -0.1) is 0 Å². The molecule has 0 aliphatic rings. The number of benzene rings is 2. The van der Waals surface area contributed by atoms with Crippen molar-refractivity contribution >= 4 is 52.7 Å². The SMILES string of the molecule is O=C(NC(CO)C(=O)NCC(F)(F)F)c1ccc(C=CC(c2cc(Cl)c(Cl)c(Cl)c2)C(F)(F)F)cc1C(F)(F)F. The van der Waals surface area contributed by atoms with Crippen LogP contribution in [0.15, 0.2) is 36.4 Å². The number of hydrogen-bond acceptors (Lipinski definition) is 3. The molecule has 0 spiro atoms. The first-order valence-electron chi connectivity index (χ1n) is 10.6. The average molecular weight is 646 g/mol. The first-order chi connectivity index (χ1) is 18.2. The Balaban J connectivity index is 2.40. The maximum atomic E-state index is 13.7. The molecule has 0 saturated carbocycles. The summed E-state index contributed by atoms with van der Waals surface area (Å²) in [5.41, 5.74) is -3.64. The molecule has 0 saturated heterocycles. The van der Waals surface area contributed by atoms with E-state index in [9.17, 15) is 54.2 Å². The highest BCUT2D eigenvalue weighted by molar-refractivity contribution is 6.48. The lowest BCUT2D eigenvalue weighted by Crippen LogP contribution is -2.50. The monoisotopic (exact) mass is 644 g/mol. The fourth-order valence-electron chi connectivity index (χ4n) is 3.21. The molecular weight excluding hydrogens is 630 g/mol. The summed E-state index contributed by atoms with van der Waals surface area (Å²) in [4.78, 5) is 24.2. The maximum Gasteiger partial charge on any atom is 0.417 e. The van der Waals surface area contributed by atoms with Crippen molar-refractivity contribution in [3.05, 3.63) is 73.7 Å². The van der Waals surface area contributed by atoms with Crippen LogP contribution in [0.4, 0.5) is 39.5 Å². The molecule has 0 bridgehead atoms. The Hall–Kier alpha value is -2.68. The molecule has 40 heavy (non-hydrogen) atoms. The molecule has 0 heterocycles. The van der Waals surface area contributed by atoms with Crippen molar-refractivity contribution in [1.29, 1.82) is 0 Å². The number of aliphatic hydroxyl groups excluding tert-OH is 1. The normalized spacial score (nSPS) is 14.2. The second-order valence-corrected chi connectivity index (χ2v) is 9.21. The van der Waals surface area contributed by atoms with Crippen LogP contribution in [0.5, 0.6) is 0 Å². The van der Waals surface area contributed by atoms with Crippen molar-refractivity contribution in [2.24, 2.45) is 0 Å². The molecule has 2 aromatic rings. The smallest absolute Gasteiger partial charge is 0.394 e. The molecule has 0 aromatic heterocycles.